The van der Waals surface area contributed by atoms with Crippen molar-refractivity contribution < 1.29 is 14.3 Å². The minimum absolute atomic E-state index is 0.123. The highest BCUT2D eigenvalue weighted by Gasteiger charge is 2.18. The van der Waals surface area contributed by atoms with Crippen molar-refractivity contribution in [3.8, 4) is 17.7 Å². The molecular weight excluding hydrogens is 308 g/mol. The third-order valence-corrected chi connectivity index (χ3v) is 3.55. The van der Waals surface area contributed by atoms with Crippen LogP contribution in [0.5, 0.6) is 11.6 Å². The van der Waals surface area contributed by atoms with Gasteiger partial charge in [-0.15, -0.1) is 0 Å². The molecule has 7 heteroatoms. The topological polar surface area (TPSA) is 96.3 Å². The summed E-state index contributed by atoms with van der Waals surface area (Å²) in [6.07, 6.45) is 0.208. The Morgan fingerprint density at radius 2 is 2.08 bits per heavy atom. The van der Waals surface area contributed by atoms with Crippen LogP contribution in [0.25, 0.3) is 0 Å². The minimum atomic E-state index is -0.343. The molecule has 0 unspecified atom stereocenters. The SMILES string of the molecule is COc1cc(C(=O)Nc2ccc(OC3CNC3)cc2)cc(C#N)n1. The minimum Gasteiger partial charge on any atom is -0.488 e. The molecule has 122 valence electrons. The van der Waals surface area contributed by atoms with Gasteiger partial charge in [-0.2, -0.15) is 5.26 Å². The maximum atomic E-state index is 12.3. The number of pyridine rings is 1. The van der Waals surface area contributed by atoms with Gasteiger partial charge in [-0.1, -0.05) is 0 Å². The average Bonchev–Trinajstić information content (AvgIpc) is 2.59. The van der Waals surface area contributed by atoms with E-state index >= 15 is 0 Å². The fourth-order valence-corrected chi connectivity index (χ4v) is 2.16. The Bertz CT molecular complexity index is 779. The molecule has 1 aliphatic heterocycles. The lowest BCUT2D eigenvalue weighted by Gasteiger charge is -2.27. The number of nitrogens with zero attached hydrogens (tertiary/aromatic N) is 2. The number of nitriles is 1. The maximum Gasteiger partial charge on any atom is 0.255 e. The van der Waals surface area contributed by atoms with Crippen molar-refractivity contribution in [1.82, 2.24) is 10.3 Å². The van der Waals surface area contributed by atoms with E-state index in [1.54, 1.807) is 12.1 Å². The molecule has 1 aromatic heterocycles. The lowest BCUT2D eigenvalue weighted by atomic mass is 10.2. The number of rotatable bonds is 5. The molecule has 1 saturated heterocycles. The van der Waals surface area contributed by atoms with E-state index < -0.39 is 0 Å². The quantitative estimate of drug-likeness (QED) is 0.866. The molecule has 2 aromatic rings. The van der Waals surface area contributed by atoms with Gasteiger partial charge in [0, 0.05) is 30.4 Å². The number of hydrogen-bond acceptors (Lipinski definition) is 6. The lowest BCUT2D eigenvalue weighted by Crippen LogP contribution is -2.50. The molecule has 1 aromatic carbocycles. The summed E-state index contributed by atoms with van der Waals surface area (Å²) in [7, 11) is 1.43. The molecule has 3 rings (SSSR count). The lowest BCUT2D eigenvalue weighted by molar-refractivity contribution is 0.102. The van der Waals surface area contributed by atoms with Crippen molar-refractivity contribution in [3.63, 3.8) is 0 Å². The Labute approximate surface area is 139 Å². The van der Waals surface area contributed by atoms with Crippen LogP contribution >= 0.6 is 0 Å². The second-order valence-electron chi connectivity index (χ2n) is 5.27. The molecule has 0 atom stereocenters. The van der Waals surface area contributed by atoms with E-state index in [2.05, 4.69) is 15.6 Å². The van der Waals surface area contributed by atoms with E-state index in [0.29, 0.717) is 11.3 Å². The van der Waals surface area contributed by atoms with Gasteiger partial charge in [-0.05, 0) is 30.3 Å². The molecule has 0 spiro atoms. The Balaban J connectivity index is 1.69. The zero-order chi connectivity index (χ0) is 16.9. The number of anilines is 1. The monoisotopic (exact) mass is 324 g/mol. The van der Waals surface area contributed by atoms with Gasteiger partial charge < -0.3 is 20.1 Å². The number of ether oxygens (including phenoxy) is 2. The van der Waals surface area contributed by atoms with Crippen LogP contribution in [0.4, 0.5) is 5.69 Å². The summed E-state index contributed by atoms with van der Waals surface area (Å²) in [6.45, 7) is 1.70. The molecule has 0 saturated carbocycles. The number of nitrogens with one attached hydrogen (secondary N) is 2. The van der Waals surface area contributed by atoms with Gasteiger partial charge in [0.2, 0.25) is 5.88 Å². The number of carbonyl (C=O) groups is 1. The predicted octanol–water partition coefficient (Wildman–Crippen LogP) is 1.56. The molecular formula is C17H16N4O3. The molecule has 0 bridgehead atoms. The number of carbonyl (C=O) groups excluding carboxylic acids is 1. The summed E-state index contributed by atoms with van der Waals surface area (Å²) in [5.74, 6) is 0.637. The molecule has 7 nitrogen and oxygen atoms in total. The van der Waals surface area contributed by atoms with Gasteiger partial charge >= 0.3 is 0 Å². The van der Waals surface area contributed by atoms with Gasteiger partial charge in [-0.3, -0.25) is 4.79 Å². The van der Waals surface area contributed by atoms with Crippen LogP contribution in [0.2, 0.25) is 0 Å². The van der Waals surface area contributed by atoms with Crippen molar-refractivity contribution in [1.29, 1.82) is 5.26 Å². The number of benzene rings is 1. The van der Waals surface area contributed by atoms with Crippen molar-refractivity contribution in [2.45, 2.75) is 6.10 Å². The van der Waals surface area contributed by atoms with Crippen LogP contribution < -0.4 is 20.1 Å². The van der Waals surface area contributed by atoms with Crippen LogP contribution in [0.1, 0.15) is 16.1 Å². The number of methoxy groups -OCH3 is 1. The summed E-state index contributed by atoms with van der Waals surface area (Å²) < 4.78 is 10.7. The van der Waals surface area contributed by atoms with Gasteiger partial charge in [0.05, 0.1) is 7.11 Å². The van der Waals surface area contributed by atoms with E-state index in [0.717, 1.165) is 18.8 Å². The third kappa shape index (κ3) is 3.62. The first kappa shape index (κ1) is 15.8. The Morgan fingerprint density at radius 3 is 2.67 bits per heavy atom. The second kappa shape index (κ2) is 6.98. The Morgan fingerprint density at radius 1 is 1.33 bits per heavy atom. The normalized spacial score (nSPS) is 13.5. The van der Waals surface area contributed by atoms with E-state index in [9.17, 15) is 4.79 Å². The van der Waals surface area contributed by atoms with Gasteiger partial charge in [0.25, 0.3) is 5.91 Å². The summed E-state index contributed by atoms with van der Waals surface area (Å²) in [6, 6.07) is 12.0. The fourth-order valence-electron chi connectivity index (χ4n) is 2.16. The predicted molar refractivity (Wildman–Crippen MR) is 87.2 cm³/mol. The molecule has 0 radical (unpaired) electrons. The molecule has 1 amide bonds. The zero-order valence-corrected chi connectivity index (χ0v) is 13.1. The number of hydrogen-bond donors (Lipinski definition) is 2. The van der Waals surface area contributed by atoms with Gasteiger partial charge in [0.1, 0.15) is 23.6 Å². The Kier molecular flexibility index (Phi) is 4.59. The Hall–Kier alpha value is -3.11. The molecule has 0 aliphatic carbocycles. The first-order valence-electron chi connectivity index (χ1n) is 7.43. The van der Waals surface area contributed by atoms with Crippen molar-refractivity contribution >= 4 is 11.6 Å². The van der Waals surface area contributed by atoms with E-state index in [4.69, 9.17) is 14.7 Å². The van der Waals surface area contributed by atoms with Gasteiger partial charge in [-0.25, -0.2) is 4.98 Å². The van der Waals surface area contributed by atoms with Crippen LogP contribution in [-0.2, 0) is 0 Å². The first-order chi connectivity index (χ1) is 11.7. The van der Waals surface area contributed by atoms with Crippen LogP contribution in [0, 0.1) is 11.3 Å². The maximum absolute atomic E-state index is 12.3. The smallest absolute Gasteiger partial charge is 0.255 e. The van der Waals surface area contributed by atoms with Crippen molar-refractivity contribution in [2.24, 2.45) is 0 Å². The average molecular weight is 324 g/mol. The first-order valence-corrected chi connectivity index (χ1v) is 7.43. The summed E-state index contributed by atoms with van der Waals surface area (Å²) >= 11 is 0. The molecule has 2 heterocycles. The number of aromatic nitrogens is 1. The van der Waals surface area contributed by atoms with Crippen molar-refractivity contribution in [2.75, 3.05) is 25.5 Å². The zero-order valence-electron chi connectivity index (χ0n) is 13.1. The van der Waals surface area contributed by atoms with E-state index in [1.165, 1.54) is 19.2 Å². The highest BCUT2D eigenvalue weighted by Crippen LogP contribution is 2.19. The summed E-state index contributed by atoms with van der Waals surface area (Å²) in [5.41, 5.74) is 1.06. The van der Waals surface area contributed by atoms with E-state index in [-0.39, 0.29) is 23.6 Å². The van der Waals surface area contributed by atoms with Crippen LogP contribution in [0.15, 0.2) is 36.4 Å². The number of amides is 1. The second-order valence-corrected chi connectivity index (χ2v) is 5.27. The standard InChI is InChI=1S/C17H16N4O3/c1-23-16-7-11(6-13(8-18)20-16)17(22)21-12-2-4-14(5-3-12)24-15-9-19-10-15/h2-7,15,19H,9-10H2,1H3,(H,21,22). The van der Waals surface area contributed by atoms with Crippen LogP contribution in [0.3, 0.4) is 0 Å². The van der Waals surface area contributed by atoms with E-state index in [1.807, 2.05) is 18.2 Å². The third-order valence-electron chi connectivity index (χ3n) is 3.55. The van der Waals surface area contributed by atoms with Crippen LogP contribution in [-0.4, -0.2) is 37.2 Å². The molecule has 2 N–H and O–H groups in total. The molecule has 24 heavy (non-hydrogen) atoms. The highest BCUT2D eigenvalue weighted by molar-refractivity contribution is 6.04. The van der Waals surface area contributed by atoms with Crippen molar-refractivity contribution in [3.05, 3.63) is 47.7 Å². The van der Waals surface area contributed by atoms with Gasteiger partial charge in [0.15, 0.2) is 0 Å². The largest absolute Gasteiger partial charge is 0.488 e. The fraction of sp³-hybridized carbons (Fsp3) is 0.235. The highest BCUT2D eigenvalue weighted by atomic mass is 16.5. The molecule has 1 fully saturated rings. The molecule has 1 aliphatic rings. The summed E-state index contributed by atoms with van der Waals surface area (Å²) in [4.78, 5) is 16.3. The summed E-state index contributed by atoms with van der Waals surface area (Å²) in [5, 5.41) is 14.9.